The van der Waals surface area contributed by atoms with Gasteiger partial charge in [-0.25, -0.2) is 0 Å². The first-order valence-corrected chi connectivity index (χ1v) is 8.01. The molecule has 102 valence electrons. The van der Waals surface area contributed by atoms with Gasteiger partial charge in [0.25, 0.3) is 0 Å². The van der Waals surface area contributed by atoms with Gasteiger partial charge in [-0.2, -0.15) is 0 Å². The van der Waals surface area contributed by atoms with Crippen molar-refractivity contribution in [2.45, 2.75) is 65.7 Å². The molecule has 3 rings (SSSR count). The van der Waals surface area contributed by atoms with E-state index in [-0.39, 0.29) is 0 Å². The van der Waals surface area contributed by atoms with Gasteiger partial charge in [0.1, 0.15) is 5.78 Å². The predicted molar refractivity (Wildman–Crippen MR) is 74.2 cm³/mol. The van der Waals surface area contributed by atoms with Crippen molar-refractivity contribution in [1.29, 1.82) is 0 Å². The van der Waals surface area contributed by atoms with Gasteiger partial charge in [0, 0.05) is 12.3 Å². The quantitative estimate of drug-likeness (QED) is 0.705. The Morgan fingerprint density at radius 3 is 2.56 bits per heavy atom. The van der Waals surface area contributed by atoms with Crippen LogP contribution < -0.4 is 0 Å². The van der Waals surface area contributed by atoms with Crippen molar-refractivity contribution in [3.05, 3.63) is 0 Å². The van der Waals surface area contributed by atoms with Crippen molar-refractivity contribution in [2.24, 2.45) is 35.0 Å². The molecule has 2 bridgehead atoms. The first kappa shape index (κ1) is 12.7. The lowest BCUT2D eigenvalue weighted by atomic mass is 9.64. The number of hydrogen-bond acceptors (Lipinski definition) is 1. The summed E-state index contributed by atoms with van der Waals surface area (Å²) in [5, 5.41) is 0. The van der Waals surface area contributed by atoms with Crippen LogP contribution in [-0.4, -0.2) is 5.78 Å². The fraction of sp³-hybridized carbons (Fsp3) is 0.941. The third kappa shape index (κ3) is 1.94. The van der Waals surface area contributed by atoms with Crippen LogP contribution in [0, 0.1) is 35.0 Å². The van der Waals surface area contributed by atoms with E-state index in [9.17, 15) is 4.79 Å². The summed E-state index contributed by atoms with van der Waals surface area (Å²) in [6.07, 6.45) is 9.07. The summed E-state index contributed by atoms with van der Waals surface area (Å²) in [6, 6.07) is 0. The maximum absolute atomic E-state index is 11.6. The smallest absolute Gasteiger partial charge is 0.135 e. The minimum absolute atomic E-state index is 0.338. The molecule has 3 saturated carbocycles. The van der Waals surface area contributed by atoms with Crippen LogP contribution in [0.25, 0.3) is 0 Å². The van der Waals surface area contributed by atoms with Crippen molar-refractivity contribution in [1.82, 2.24) is 0 Å². The summed E-state index contributed by atoms with van der Waals surface area (Å²) in [5.41, 5.74) is 0.577. The molecule has 0 N–H and O–H groups in total. The molecule has 3 aliphatic rings. The van der Waals surface area contributed by atoms with E-state index in [1.165, 1.54) is 38.5 Å². The lowest BCUT2D eigenvalue weighted by Gasteiger charge is -2.41. The Bertz CT molecular complexity index is 344. The minimum Gasteiger partial charge on any atom is -0.299 e. The second-order valence-electron chi connectivity index (χ2n) is 7.94. The van der Waals surface area contributed by atoms with Crippen molar-refractivity contribution in [3.63, 3.8) is 0 Å². The molecule has 0 amide bonds. The molecule has 18 heavy (non-hydrogen) atoms. The van der Waals surface area contributed by atoms with E-state index in [0.29, 0.717) is 17.1 Å². The zero-order chi connectivity index (χ0) is 12.9. The summed E-state index contributed by atoms with van der Waals surface area (Å²) in [5.74, 6) is 4.64. The van der Waals surface area contributed by atoms with Crippen LogP contribution >= 0.6 is 0 Å². The van der Waals surface area contributed by atoms with Crippen LogP contribution in [0.3, 0.4) is 0 Å². The van der Waals surface area contributed by atoms with Gasteiger partial charge >= 0.3 is 0 Å². The Hall–Kier alpha value is -0.330. The van der Waals surface area contributed by atoms with Crippen LogP contribution in [0.4, 0.5) is 0 Å². The van der Waals surface area contributed by atoms with Gasteiger partial charge < -0.3 is 0 Å². The van der Waals surface area contributed by atoms with Crippen molar-refractivity contribution in [2.75, 3.05) is 0 Å². The highest BCUT2D eigenvalue weighted by atomic mass is 16.1. The van der Waals surface area contributed by atoms with E-state index in [1.807, 2.05) is 0 Å². The molecule has 0 saturated heterocycles. The summed E-state index contributed by atoms with van der Waals surface area (Å²) in [7, 11) is 0. The highest BCUT2D eigenvalue weighted by Gasteiger charge is 2.52. The molecule has 1 heteroatoms. The fourth-order valence-electron chi connectivity index (χ4n) is 5.38. The van der Waals surface area contributed by atoms with Gasteiger partial charge in [-0.05, 0) is 67.6 Å². The van der Waals surface area contributed by atoms with Gasteiger partial charge in [0.15, 0.2) is 0 Å². The maximum Gasteiger partial charge on any atom is 0.135 e. The number of rotatable bonds is 2. The van der Waals surface area contributed by atoms with Crippen molar-refractivity contribution < 1.29 is 4.79 Å². The molecule has 0 radical (unpaired) electrons. The summed E-state index contributed by atoms with van der Waals surface area (Å²) >= 11 is 0. The van der Waals surface area contributed by atoms with Crippen LogP contribution in [-0.2, 0) is 4.79 Å². The molecule has 3 fully saturated rings. The second kappa shape index (κ2) is 4.35. The average molecular weight is 248 g/mol. The van der Waals surface area contributed by atoms with Gasteiger partial charge in [-0.3, -0.25) is 4.79 Å². The molecule has 0 aromatic carbocycles. The third-order valence-corrected chi connectivity index (χ3v) is 6.67. The van der Waals surface area contributed by atoms with E-state index in [2.05, 4.69) is 20.8 Å². The SMILES string of the molecule is C[C@@H]1C[C@@H](C[C@@H]2[C@H]3CC[C@@H](C3)C2(C)C)CCC1=O. The number of Topliss-reactive ketones (excluding diaryl/α,β-unsaturated/α-hetero) is 1. The zero-order valence-corrected chi connectivity index (χ0v) is 12.2. The second-order valence-corrected chi connectivity index (χ2v) is 7.94. The maximum atomic E-state index is 11.6. The molecule has 0 spiro atoms. The Kier molecular flexibility index (Phi) is 3.07. The average Bonchev–Trinajstić information content (AvgIpc) is 2.86. The number of hydrogen-bond donors (Lipinski definition) is 0. The molecule has 0 aromatic heterocycles. The van der Waals surface area contributed by atoms with Gasteiger partial charge in [-0.15, -0.1) is 0 Å². The van der Waals surface area contributed by atoms with Crippen molar-refractivity contribution >= 4 is 5.78 Å². The molecule has 0 aromatic rings. The van der Waals surface area contributed by atoms with E-state index >= 15 is 0 Å². The fourth-order valence-corrected chi connectivity index (χ4v) is 5.38. The van der Waals surface area contributed by atoms with Crippen LogP contribution in [0.1, 0.15) is 65.7 Å². The van der Waals surface area contributed by atoms with E-state index < -0.39 is 0 Å². The number of ketones is 1. The molecule has 0 aliphatic heterocycles. The number of carbonyl (C=O) groups is 1. The molecule has 0 heterocycles. The Labute approximate surface area is 112 Å². The molecule has 5 atom stereocenters. The standard InChI is InChI=1S/C17H28O/c1-11-8-12(4-7-16(11)18)9-15-13-5-6-14(10-13)17(15,2)3/h11-15H,4-10H2,1-3H3/t11-,12+,13+,14+,15-/m1/s1. The molecule has 3 aliphatic carbocycles. The highest BCUT2D eigenvalue weighted by molar-refractivity contribution is 5.81. The zero-order valence-electron chi connectivity index (χ0n) is 12.2. The topological polar surface area (TPSA) is 17.1 Å². The van der Waals surface area contributed by atoms with E-state index in [4.69, 9.17) is 0 Å². The number of carbonyl (C=O) groups excluding carboxylic acids is 1. The van der Waals surface area contributed by atoms with Crippen LogP contribution in [0.15, 0.2) is 0 Å². The summed E-state index contributed by atoms with van der Waals surface area (Å²) in [6.45, 7) is 7.16. The largest absolute Gasteiger partial charge is 0.299 e. The molecule has 1 nitrogen and oxygen atoms in total. The Balaban J connectivity index is 1.65. The molecular formula is C17H28O. The third-order valence-electron chi connectivity index (χ3n) is 6.67. The lowest BCUT2D eigenvalue weighted by Crippen LogP contribution is -2.34. The number of fused-ring (bicyclic) bond motifs is 2. The Morgan fingerprint density at radius 2 is 1.94 bits per heavy atom. The van der Waals surface area contributed by atoms with Crippen LogP contribution in [0.2, 0.25) is 0 Å². The van der Waals surface area contributed by atoms with Gasteiger partial charge in [-0.1, -0.05) is 20.8 Å². The first-order chi connectivity index (χ1) is 8.48. The molecule has 0 unspecified atom stereocenters. The summed E-state index contributed by atoms with van der Waals surface area (Å²) < 4.78 is 0. The van der Waals surface area contributed by atoms with Gasteiger partial charge in [0.2, 0.25) is 0 Å². The highest BCUT2D eigenvalue weighted by Crippen LogP contribution is 2.61. The first-order valence-electron chi connectivity index (χ1n) is 8.01. The minimum atomic E-state index is 0.338. The summed E-state index contributed by atoms with van der Waals surface area (Å²) in [4.78, 5) is 11.6. The van der Waals surface area contributed by atoms with Crippen LogP contribution in [0.5, 0.6) is 0 Å². The van der Waals surface area contributed by atoms with E-state index in [1.54, 1.807) is 0 Å². The van der Waals surface area contributed by atoms with Gasteiger partial charge in [0.05, 0.1) is 0 Å². The normalized spacial score (nSPS) is 46.6. The molecular weight excluding hydrogens is 220 g/mol. The Morgan fingerprint density at radius 1 is 1.17 bits per heavy atom. The lowest BCUT2D eigenvalue weighted by molar-refractivity contribution is -0.125. The van der Waals surface area contributed by atoms with E-state index in [0.717, 1.165) is 30.1 Å². The monoisotopic (exact) mass is 248 g/mol. The predicted octanol–water partition coefficient (Wildman–Crippen LogP) is 4.45. The van der Waals surface area contributed by atoms with Crippen molar-refractivity contribution in [3.8, 4) is 0 Å².